The van der Waals surface area contributed by atoms with E-state index in [1.807, 2.05) is 28.6 Å². The summed E-state index contributed by atoms with van der Waals surface area (Å²) in [4.78, 5) is 16.5. The normalized spacial score (nSPS) is 18.5. The second-order valence-corrected chi connectivity index (χ2v) is 7.55. The molecule has 1 aliphatic heterocycles. The molecule has 1 aromatic heterocycles. The lowest BCUT2D eigenvalue weighted by molar-refractivity contribution is 0.207. The summed E-state index contributed by atoms with van der Waals surface area (Å²) in [7, 11) is 0. The maximum Gasteiger partial charge on any atom is 0.323 e. The first-order valence-corrected chi connectivity index (χ1v) is 9.64. The largest absolute Gasteiger partial charge is 0.366 e. The molecular formula is C20H26FN5O. The fraction of sp³-hybridized carbons (Fsp3) is 0.500. The summed E-state index contributed by atoms with van der Waals surface area (Å²) in [5.41, 5.74) is 1.51. The number of carbonyl (C=O) groups is 1. The van der Waals surface area contributed by atoms with Crippen molar-refractivity contribution in [3.63, 3.8) is 0 Å². The SMILES string of the molecule is Cc1cc(NC(=O)N2CCN(c3ccccc3F)CC2)n([C@@H](C)C2CC2)n1. The van der Waals surface area contributed by atoms with Gasteiger partial charge in [-0.2, -0.15) is 5.10 Å². The molecule has 6 nitrogen and oxygen atoms in total. The summed E-state index contributed by atoms with van der Waals surface area (Å²) in [5.74, 6) is 1.20. The second-order valence-electron chi connectivity index (χ2n) is 7.55. The third-order valence-corrected chi connectivity index (χ3v) is 5.54. The van der Waals surface area contributed by atoms with Gasteiger partial charge in [0.2, 0.25) is 0 Å². The van der Waals surface area contributed by atoms with E-state index in [9.17, 15) is 9.18 Å². The van der Waals surface area contributed by atoms with Crippen LogP contribution >= 0.6 is 0 Å². The molecule has 1 N–H and O–H groups in total. The molecule has 2 fully saturated rings. The van der Waals surface area contributed by atoms with Crippen LogP contribution in [0.5, 0.6) is 0 Å². The van der Waals surface area contributed by atoms with Crippen LogP contribution in [0.15, 0.2) is 30.3 Å². The first kappa shape index (κ1) is 17.8. The van der Waals surface area contributed by atoms with Gasteiger partial charge in [0.05, 0.1) is 17.4 Å². The lowest BCUT2D eigenvalue weighted by atomic mass is 10.2. The summed E-state index contributed by atoms with van der Waals surface area (Å²) in [5, 5.41) is 7.59. The number of hydrogen-bond donors (Lipinski definition) is 1. The number of aryl methyl sites for hydroxylation is 1. The zero-order valence-electron chi connectivity index (χ0n) is 15.9. The van der Waals surface area contributed by atoms with Gasteiger partial charge in [0, 0.05) is 32.2 Å². The molecule has 0 unspecified atom stereocenters. The van der Waals surface area contributed by atoms with E-state index >= 15 is 0 Å². The van der Waals surface area contributed by atoms with Crippen molar-refractivity contribution in [3.05, 3.63) is 41.8 Å². The van der Waals surface area contributed by atoms with Gasteiger partial charge in [0.15, 0.2) is 0 Å². The smallest absolute Gasteiger partial charge is 0.323 e. The van der Waals surface area contributed by atoms with Crippen LogP contribution in [-0.4, -0.2) is 46.9 Å². The first-order chi connectivity index (χ1) is 13.0. The third kappa shape index (κ3) is 3.77. The van der Waals surface area contributed by atoms with Crippen LogP contribution in [0.3, 0.4) is 0 Å². The van der Waals surface area contributed by atoms with Gasteiger partial charge in [-0.15, -0.1) is 0 Å². The first-order valence-electron chi connectivity index (χ1n) is 9.64. The molecule has 2 amide bonds. The molecule has 0 spiro atoms. The van der Waals surface area contributed by atoms with Crippen LogP contribution < -0.4 is 10.2 Å². The van der Waals surface area contributed by atoms with E-state index in [4.69, 9.17) is 0 Å². The van der Waals surface area contributed by atoms with Crippen molar-refractivity contribution >= 4 is 17.5 Å². The van der Waals surface area contributed by atoms with Gasteiger partial charge in [-0.25, -0.2) is 13.9 Å². The second kappa shape index (κ2) is 7.21. The maximum absolute atomic E-state index is 14.0. The van der Waals surface area contributed by atoms with Crippen LogP contribution in [0.4, 0.5) is 20.7 Å². The van der Waals surface area contributed by atoms with Crippen molar-refractivity contribution in [2.45, 2.75) is 32.7 Å². The summed E-state index contributed by atoms with van der Waals surface area (Å²) in [6.07, 6.45) is 2.46. The summed E-state index contributed by atoms with van der Waals surface area (Å²) in [6.45, 7) is 6.46. The fourth-order valence-corrected chi connectivity index (χ4v) is 3.75. The number of anilines is 2. The Morgan fingerprint density at radius 3 is 2.59 bits per heavy atom. The molecule has 2 heterocycles. The lowest BCUT2D eigenvalue weighted by Crippen LogP contribution is -2.50. The van der Waals surface area contributed by atoms with Crippen LogP contribution in [0.25, 0.3) is 0 Å². The highest BCUT2D eigenvalue weighted by atomic mass is 19.1. The Kier molecular flexibility index (Phi) is 4.76. The highest BCUT2D eigenvalue weighted by Crippen LogP contribution is 2.40. The topological polar surface area (TPSA) is 53.4 Å². The molecule has 0 bridgehead atoms. The van der Waals surface area contributed by atoms with Gasteiger partial charge in [-0.3, -0.25) is 5.32 Å². The Balaban J connectivity index is 1.38. The Morgan fingerprint density at radius 2 is 1.93 bits per heavy atom. The average molecular weight is 371 g/mol. The zero-order valence-corrected chi connectivity index (χ0v) is 15.9. The van der Waals surface area contributed by atoms with Crippen LogP contribution in [0.1, 0.15) is 31.5 Å². The Bertz CT molecular complexity index is 824. The molecule has 4 rings (SSSR count). The number of nitrogens with zero attached hydrogens (tertiary/aromatic N) is 4. The number of amides is 2. The van der Waals surface area contributed by atoms with Crippen molar-refractivity contribution in [3.8, 4) is 0 Å². The zero-order chi connectivity index (χ0) is 19.0. The fourth-order valence-electron chi connectivity index (χ4n) is 3.75. The van der Waals surface area contributed by atoms with Gasteiger partial charge in [0.1, 0.15) is 11.6 Å². The Labute approximate surface area is 158 Å². The van der Waals surface area contributed by atoms with E-state index in [1.54, 1.807) is 17.0 Å². The van der Waals surface area contributed by atoms with Crippen molar-refractivity contribution < 1.29 is 9.18 Å². The van der Waals surface area contributed by atoms with Gasteiger partial charge in [-0.05, 0) is 44.7 Å². The standard InChI is InChI=1S/C20H26FN5O/c1-14-13-19(26(23-14)15(2)16-7-8-16)22-20(27)25-11-9-24(10-12-25)18-6-4-3-5-17(18)21/h3-6,13,15-16H,7-12H2,1-2H3,(H,22,27)/t15-/m0/s1. The monoisotopic (exact) mass is 371 g/mol. The molecule has 1 saturated carbocycles. The number of hydrogen-bond acceptors (Lipinski definition) is 3. The van der Waals surface area contributed by atoms with Gasteiger partial charge in [-0.1, -0.05) is 12.1 Å². The van der Waals surface area contributed by atoms with E-state index < -0.39 is 0 Å². The van der Waals surface area contributed by atoms with Crippen LogP contribution in [0.2, 0.25) is 0 Å². The Morgan fingerprint density at radius 1 is 1.22 bits per heavy atom. The maximum atomic E-state index is 14.0. The van der Waals surface area contributed by atoms with Gasteiger partial charge in [0.25, 0.3) is 0 Å². The molecule has 27 heavy (non-hydrogen) atoms. The minimum absolute atomic E-state index is 0.118. The van der Waals surface area contributed by atoms with Crippen molar-refractivity contribution in [2.75, 3.05) is 36.4 Å². The molecule has 144 valence electrons. The predicted octanol–water partition coefficient (Wildman–Crippen LogP) is 3.66. The summed E-state index contributed by atoms with van der Waals surface area (Å²) < 4.78 is 15.9. The van der Waals surface area contributed by atoms with Crippen LogP contribution in [-0.2, 0) is 0 Å². The number of para-hydroxylation sites is 1. The highest BCUT2D eigenvalue weighted by molar-refractivity contribution is 5.88. The van der Waals surface area contributed by atoms with Crippen molar-refractivity contribution in [1.82, 2.24) is 14.7 Å². The van der Waals surface area contributed by atoms with E-state index in [1.165, 1.54) is 18.9 Å². The van der Waals surface area contributed by atoms with E-state index in [0.717, 1.165) is 11.5 Å². The predicted molar refractivity (Wildman–Crippen MR) is 104 cm³/mol. The van der Waals surface area contributed by atoms with E-state index in [-0.39, 0.29) is 11.8 Å². The molecule has 1 aromatic carbocycles. The molecule has 7 heteroatoms. The van der Waals surface area contributed by atoms with E-state index in [0.29, 0.717) is 43.8 Å². The minimum Gasteiger partial charge on any atom is -0.366 e. The number of aromatic nitrogens is 2. The quantitative estimate of drug-likeness (QED) is 0.892. The number of piperazine rings is 1. The molecule has 0 radical (unpaired) electrons. The molecule has 2 aromatic rings. The highest BCUT2D eigenvalue weighted by Gasteiger charge is 2.31. The summed E-state index contributed by atoms with van der Waals surface area (Å²) in [6, 6.07) is 8.88. The third-order valence-electron chi connectivity index (χ3n) is 5.54. The molecule has 1 atom stereocenters. The number of urea groups is 1. The van der Waals surface area contributed by atoms with Gasteiger partial charge < -0.3 is 9.80 Å². The number of benzene rings is 1. The van der Waals surface area contributed by atoms with E-state index in [2.05, 4.69) is 17.3 Å². The Hall–Kier alpha value is -2.57. The molecular weight excluding hydrogens is 345 g/mol. The molecule has 1 aliphatic carbocycles. The van der Waals surface area contributed by atoms with Crippen molar-refractivity contribution in [1.29, 1.82) is 0 Å². The molecule has 1 saturated heterocycles. The van der Waals surface area contributed by atoms with Gasteiger partial charge >= 0.3 is 6.03 Å². The number of nitrogens with one attached hydrogen (secondary N) is 1. The van der Waals surface area contributed by atoms with Crippen LogP contribution in [0, 0.1) is 18.7 Å². The lowest BCUT2D eigenvalue weighted by Gasteiger charge is -2.36. The number of halogens is 1. The minimum atomic E-state index is -0.219. The average Bonchev–Trinajstić information content (AvgIpc) is 3.45. The number of rotatable bonds is 4. The number of carbonyl (C=O) groups excluding carboxylic acids is 1. The molecule has 2 aliphatic rings. The van der Waals surface area contributed by atoms with Crippen molar-refractivity contribution in [2.24, 2.45) is 5.92 Å². The summed E-state index contributed by atoms with van der Waals surface area (Å²) >= 11 is 0.